The summed E-state index contributed by atoms with van der Waals surface area (Å²) in [5.74, 6) is 0.775. The lowest BCUT2D eigenvalue weighted by molar-refractivity contribution is 0.0711. The summed E-state index contributed by atoms with van der Waals surface area (Å²) in [6, 6.07) is 12.2. The fourth-order valence-corrected chi connectivity index (χ4v) is 3.49. The molecule has 6 nitrogen and oxygen atoms in total. The fourth-order valence-electron chi connectivity index (χ4n) is 3.49. The summed E-state index contributed by atoms with van der Waals surface area (Å²) in [4.78, 5) is 28.1. The molecule has 0 atom stereocenters. The molecule has 0 bridgehead atoms. The SMILES string of the molecule is CCOc1ccc(C(=O)c2ccccc2C(=O)N2CCC(N)CC2)cc1OCC.Cl. The predicted molar refractivity (Wildman–Crippen MR) is 119 cm³/mol. The number of nitrogens with zero attached hydrogens (tertiary/aromatic N) is 1. The number of carbonyl (C=O) groups excluding carboxylic acids is 2. The Balaban J connectivity index is 0.00000320. The summed E-state index contributed by atoms with van der Waals surface area (Å²) < 4.78 is 11.2. The van der Waals surface area contributed by atoms with E-state index in [1.165, 1.54) is 0 Å². The molecule has 0 spiro atoms. The van der Waals surface area contributed by atoms with Crippen LogP contribution in [0.1, 0.15) is 53.0 Å². The van der Waals surface area contributed by atoms with Crippen LogP contribution in [0.25, 0.3) is 0 Å². The van der Waals surface area contributed by atoms with Crippen LogP contribution in [0, 0.1) is 0 Å². The van der Waals surface area contributed by atoms with Crippen LogP contribution in [0.2, 0.25) is 0 Å². The van der Waals surface area contributed by atoms with Crippen molar-refractivity contribution in [3.8, 4) is 11.5 Å². The first-order chi connectivity index (χ1) is 14.0. The second kappa shape index (κ2) is 11.0. The Hall–Kier alpha value is -2.57. The standard InChI is InChI=1S/C23H28N2O4.ClH/c1-3-28-20-10-9-16(15-21(20)29-4-2)22(26)18-7-5-6-8-19(18)23(27)25-13-11-17(24)12-14-25;/h5-10,15,17H,3-4,11-14,24H2,1-2H3;1H. The largest absolute Gasteiger partial charge is 0.490 e. The van der Waals surface area contributed by atoms with Crippen LogP contribution in [0.5, 0.6) is 11.5 Å². The first kappa shape index (κ1) is 23.7. The van der Waals surface area contributed by atoms with E-state index in [-0.39, 0.29) is 30.1 Å². The monoisotopic (exact) mass is 432 g/mol. The third-order valence-corrected chi connectivity index (χ3v) is 5.03. The number of piperidine rings is 1. The minimum atomic E-state index is -0.216. The van der Waals surface area contributed by atoms with Gasteiger partial charge in [0, 0.05) is 30.3 Å². The predicted octanol–water partition coefficient (Wildman–Crippen LogP) is 3.70. The van der Waals surface area contributed by atoms with Crippen LogP contribution in [0.3, 0.4) is 0 Å². The van der Waals surface area contributed by atoms with Crippen molar-refractivity contribution in [2.24, 2.45) is 5.73 Å². The highest BCUT2D eigenvalue weighted by molar-refractivity contribution is 6.15. The molecule has 3 rings (SSSR count). The molecule has 0 aliphatic carbocycles. The number of ether oxygens (including phenoxy) is 2. The molecule has 0 saturated carbocycles. The number of amides is 1. The Bertz CT molecular complexity index is 879. The van der Waals surface area contributed by atoms with Crippen molar-refractivity contribution in [3.05, 3.63) is 59.2 Å². The van der Waals surface area contributed by atoms with E-state index >= 15 is 0 Å². The van der Waals surface area contributed by atoms with E-state index in [2.05, 4.69) is 0 Å². The van der Waals surface area contributed by atoms with E-state index in [0.29, 0.717) is 54.5 Å². The molecule has 1 amide bonds. The summed E-state index contributed by atoms with van der Waals surface area (Å²) >= 11 is 0. The highest BCUT2D eigenvalue weighted by atomic mass is 35.5. The van der Waals surface area contributed by atoms with Crippen molar-refractivity contribution in [1.29, 1.82) is 0 Å². The Labute approximate surface area is 183 Å². The van der Waals surface area contributed by atoms with Gasteiger partial charge >= 0.3 is 0 Å². The zero-order valence-corrected chi connectivity index (χ0v) is 18.2. The van der Waals surface area contributed by atoms with E-state index in [1.807, 2.05) is 13.8 Å². The van der Waals surface area contributed by atoms with E-state index in [0.717, 1.165) is 12.8 Å². The number of benzene rings is 2. The molecule has 0 unspecified atom stereocenters. The molecule has 0 aromatic heterocycles. The molecular formula is C23H29ClN2O4. The molecular weight excluding hydrogens is 404 g/mol. The molecule has 7 heteroatoms. The molecule has 1 heterocycles. The van der Waals surface area contributed by atoms with Crippen molar-refractivity contribution in [2.45, 2.75) is 32.7 Å². The van der Waals surface area contributed by atoms with Crippen LogP contribution in [-0.2, 0) is 0 Å². The van der Waals surface area contributed by atoms with Crippen LogP contribution in [0.4, 0.5) is 0 Å². The highest BCUT2D eigenvalue weighted by Gasteiger charge is 2.25. The normalized spacial score (nSPS) is 14.0. The van der Waals surface area contributed by atoms with E-state index in [4.69, 9.17) is 15.2 Å². The third-order valence-electron chi connectivity index (χ3n) is 5.03. The number of hydrogen-bond donors (Lipinski definition) is 1. The van der Waals surface area contributed by atoms with Gasteiger partial charge in [-0.1, -0.05) is 18.2 Å². The van der Waals surface area contributed by atoms with Crippen molar-refractivity contribution in [3.63, 3.8) is 0 Å². The summed E-state index contributed by atoms with van der Waals surface area (Å²) in [6.07, 6.45) is 1.55. The van der Waals surface area contributed by atoms with Gasteiger partial charge in [0.25, 0.3) is 5.91 Å². The molecule has 2 N–H and O–H groups in total. The summed E-state index contributed by atoms with van der Waals surface area (Å²) in [6.45, 7) is 5.96. The molecule has 1 aliphatic rings. The van der Waals surface area contributed by atoms with Crippen LogP contribution >= 0.6 is 12.4 Å². The lowest BCUT2D eigenvalue weighted by Gasteiger charge is -2.30. The molecule has 30 heavy (non-hydrogen) atoms. The first-order valence-electron chi connectivity index (χ1n) is 10.1. The fraction of sp³-hybridized carbons (Fsp3) is 0.391. The number of halogens is 1. The zero-order valence-electron chi connectivity index (χ0n) is 17.4. The van der Waals surface area contributed by atoms with E-state index < -0.39 is 0 Å². The molecule has 0 radical (unpaired) electrons. The Morgan fingerprint density at radius 1 is 0.967 bits per heavy atom. The molecule has 1 saturated heterocycles. The lowest BCUT2D eigenvalue weighted by atomic mass is 9.96. The maximum Gasteiger partial charge on any atom is 0.254 e. The summed E-state index contributed by atoms with van der Waals surface area (Å²) in [5, 5.41) is 0. The number of hydrogen-bond acceptors (Lipinski definition) is 5. The topological polar surface area (TPSA) is 81.9 Å². The van der Waals surface area contributed by atoms with Gasteiger partial charge < -0.3 is 20.1 Å². The zero-order chi connectivity index (χ0) is 20.8. The van der Waals surface area contributed by atoms with Crippen LogP contribution in [0.15, 0.2) is 42.5 Å². The average molecular weight is 433 g/mol. The number of rotatable bonds is 7. The minimum absolute atomic E-state index is 0. The lowest BCUT2D eigenvalue weighted by Crippen LogP contribution is -2.43. The van der Waals surface area contributed by atoms with Crippen molar-refractivity contribution in [2.75, 3.05) is 26.3 Å². The first-order valence-corrected chi connectivity index (χ1v) is 10.1. The van der Waals surface area contributed by atoms with Gasteiger partial charge in [-0.25, -0.2) is 0 Å². The third kappa shape index (κ3) is 5.32. The maximum absolute atomic E-state index is 13.2. The highest BCUT2D eigenvalue weighted by Crippen LogP contribution is 2.30. The van der Waals surface area contributed by atoms with Gasteiger partial charge in [-0.15, -0.1) is 12.4 Å². The van der Waals surface area contributed by atoms with Gasteiger partial charge in [0.2, 0.25) is 0 Å². The molecule has 162 valence electrons. The number of ketones is 1. The van der Waals surface area contributed by atoms with Gasteiger partial charge in [0.05, 0.1) is 18.8 Å². The number of carbonyl (C=O) groups is 2. The number of likely N-dealkylation sites (tertiary alicyclic amines) is 1. The second-order valence-corrected chi connectivity index (χ2v) is 7.03. The van der Waals surface area contributed by atoms with Crippen LogP contribution < -0.4 is 15.2 Å². The molecule has 2 aromatic carbocycles. The summed E-state index contributed by atoms with van der Waals surface area (Å²) in [7, 11) is 0. The number of nitrogens with two attached hydrogens (primary N) is 1. The van der Waals surface area contributed by atoms with Crippen molar-refractivity contribution >= 4 is 24.1 Å². The van der Waals surface area contributed by atoms with Crippen molar-refractivity contribution < 1.29 is 19.1 Å². The Kier molecular flexibility index (Phi) is 8.69. The Morgan fingerprint density at radius 2 is 1.57 bits per heavy atom. The minimum Gasteiger partial charge on any atom is -0.490 e. The molecule has 1 fully saturated rings. The van der Waals surface area contributed by atoms with Crippen LogP contribution in [-0.4, -0.2) is 48.9 Å². The average Bonchev–Trinajstić information content (AvgIpc) is 2.75. The second-order valence-electron chi connectivity index (χ2n) is 7.03. The maximum atomic E-state index is 13.2. The molecule has 2 aromatic rings. The summed E-state index contributed by atoms with van der Waals surface area (Å²) in [5.41, 5.74) is 7.21. The van der Waals surface area contributed by atoms with Gasteiger partial charge in [-0.05, 0) is 51.0 Å². The van der Waals surface area contributed by atoms with Crippen molar-refractivity contribution in [1.82, 2.24) is 4.90 Å². The van der Waals surface area contributed by atoms with Gasteiger partial charge in [-0.3, -0.25) is 9.59 Å². The van der Waals surface area contributed by atoms with Gasteiger partial charge in [-0.2, -0.15) is 0 Å². The smallest absolute Gasteiger partial charge is 0.254 e. The Morgan fingerprint density at radius 3 is 2.20 bits per heavy atom. The quantitative estimate of drug-likeness (QED) is 0.674. The van der Waals surface area contributed by atoms with Gasteiger partial charge in [0.15, 0.2) is 17.3 Å². The van der Waals surface area contributed by atoms with E-state index in [1.54, 1.807) is 47.4 Å². The van der Waals surface area contributed by atoms with E-state index in [9.17, 15) is 9.59 Å². The molecule has 1 aliphatic heterocycles. The van der Waals surface area contributed by atoms with Gasteiger partial charge in [0.1, 0.15) is 0 Å².